The Bertz CT molecular complexity index is 1500. The van der Waals surface area contributed by atoms with Crippen molar-refractivity contribution in [3.8, 4) is 11.3 Å². The molecule has 2 heterocycles. The van der Waals surface area contributed by atoms with Crippen LogP contribution < -0.4 is 4.72 Å². The van der Waals surface area contributed by atoms with E-state index in [4.69, 9.17) is 11.6 Å². The lowest BCUT2D eigenvalue weighted by atomic mass is 9.96. The van der Waals surface area contributed by atoms with Crippen molar-refractivity contribution >= 4 is 43.0 Å². The third kappa shape index (κ3) is 4.87. The lowest BCUT2D eigenvalue weighted by Crippen LogP contribution is -2.31. The highest BCUT2D eigenvalue weighted by Crippen LogP contribution is 2.41. The minimum absolute atomic E-state index is 0.358. The molecule has 0 amide bonds. The molecule has 35 heavy (non-hydrogen) atoms. The van der Waals surface area contributed by atoms with Crippen LogP contribution in [0.2, 0.25) is 5.02 Å². The Hall–Kier alpha value is -2.33. The van der Waals surface area contributed by atoms with Gasteiger partial charge in [-0.05, 0) is 60.5 Å². The molecule has 0 bridgehead atoms. The Morgan fingerprint density at radius 1 is 1.17 bits per heavy atom. The Morgan fingerprint density at radius 3 is 2.66 bits per heavy atom. The number of nitrogens with zero attached hydrogens (tertiary/aromatic N) is 1. The van der Waals surface area contributed by atoms with Crippen molar-refractivity contribution in [2.75, 3.05) is 6.61 Å². The first-order chi connectivity index (χ1) is 16.7. The van der Waals surface area contributed by atoms with Gasteiger partial charge < -0.3 is 10.2 Å². The summed E-state index contributed by atoms with van der Waals surface area (Å²) in [5, 5.41) is 21.2. The van der Waals surface area contributed by atoms with Crippen molar-refractivity contribution in [3.05, 3.63) is 87.9 Å². The zero-order chi connectivity index (χ0) is 24.8. The van der Waals surface area contributed by atoms with Gasteiger partial charge in [-0.25, -0.2) is 13.1 Å². The topological polar surface area (TPSA) is 99.5 Å². The van der Waals surface area contributed by atoms with Crippen LogP contribution in [0, 0.1) is 0 Å². The van der Waals surface area contributed by atoms with Crippen molar-refractivity contribution < 1.29 is 18.6 Å². The number of hydrogen-bond donors (Lipinski definition) is 3. The minimum Gasteiger partial charge on any atom is -0.393 e. The first kappa shape index (κ1) is 24.4. The van der Waals surface area contributed by atoms with Gasteiger partial charge >= 0.3 is 0 Å². The van der Waals surface area contributed by atoms with E-state index in [9.17, 15) is 18.6 Å². The van der Waals surface area contributed by atoms with E-state index in [1.54, 1.807) is 31.3 Å². The molecule has 0 aliphatic heterocycles. The number of pyridine rings is 1. The van der Waals surface area contributed by atoms with Gasteiger partial charge in [0.25, 0.3) is 0 Å². The molecule has 1 fully saturated rings. The summed E-state index contributed by atoms with van der Waals surface area (Å²) < 4.78 is 29.7. The third-order valence-corrected chi connectivity index (χ3v) is 9.78. The summed E-state index contributed by atoms with van der Waals surface area (Å²) in [5.41, 5.74) is 1.39. The molecule has 1 aliphatic carbocycles. The summed E-state index contributed by atoms with van der Waals surface area (Å²) >= 11 is 7.99. The maximum absolute atomic E-state index is 12.9. The van der Waals surface area contributed by atoms with E-state index in [0.717, 1.165) is 20.5 Å². The molecule has 5 rings (SSSR count). The second-order valence-electron chi connectivity index (χ2n) is 9.05. The predicted molar refractivity (Wildman–Crippen MR) is 140 cm³/mol. The highest BCUT2D eigenvalue weighted by molar-refractivity contribution is 7.90. The standard InChI is InChI=1S/C26H25ClN2O4S2/c1-26(31,15-30)17-11-12-28-22(14-17)20-7-4-5-16-13-23(34-25(16)20)24(19-6-2-3-8-21(19)27)29-35(32,33)18-9-10-18/h2-8,11-14,18,24,29-31H,9-10,15H2,1H3/t24-,26+/m0/s1. The number of rotatable bonds is 8. The summed E-state index contributed by atoms with van der Waals surface area (Å²) in [6.07, 6.45) is 2.94. The maximum Gasteiger partial charge on any atom is 0.215 e. The van der Waals surface area contributed by atoms with Crippen molar-refractivity contribution in [1.82, 2.24) is 9.71 Å². The maximum atomic E-state index is 12.9. The zero-order valence-electron chi connectivity index (χ0n) is 19.0. The lowest BCUT2D eigenvalue weighted by molar-refractivity contribution is -0.00230. The van der Waals surface area contributed by atoms with E-state index in [2.05, 4.69) is 9.71 Å². The van der Waals surface area contributed by atoms with Gasteiger partial charge in [-0.3, -0.25) is 4.98 Å². The van der Waals surface area contributed by atoms with E-state index < -0.39 is 28.3 Å². The van der Waals surface area contributed by atoms with Gasteiger partial charge in [0.15, 0.2) is 0 Å². The highest BCUT2D eigenvalue weighted by Gasteiger charge is 2.38. The molecule has 9 heteroatoms. The monoisotopic (exact) mass is 528 g/mol. The van der Waals surface area contributed by atoms with E-state index in [1.807, 2.05) is 42.5 Å². The fourth-order valence-corrected chi connectivity index (χ4v) is 7.16. The van der Waals surface area contributed by atoms with Crippen LogP contribution in [0.25, 0.3) is 21.3 Å². The fraction of sp³-hybridized carbons (Fsp3) is 0.269. The first-order valence-electron chi connectivity index (χ1n) is 11.3. The number of nitrogens with one attached hydrogen (secondary N) is 1. The number of hydrogen-bond acceptors (Lipinski definition) is 6. The second-order valence-corrected chi connectivity index (χ2v) is 12.5. The quantitative estimate of drug-likeness (QED) is 0.299. The van der Waals surface area contributed by atoms with Crippen LogP contribution in [-0.4, -0.2) is 35.5 Å². The molecule has 182 valence electrons. The molecule has 0 unspecified atom stereocenters. The van der Waals surface area contributed by atoms with Crippen LogP contribution >= 0.6 is 22.9 Å². The summed E-state index contributed by atoms with van der Waals surface area (Å²) in [4.78, 5) is 5.33. The van der Waals surface area contributed by atoms with E-state index in [0.29, 0.717) is 34.7 Å². The SMILES string of the molecule is C[C@@](O)(CO)c1ccnc(-c2cccc3cc([C@@H](NS(=O)(=O)C4CC4)c4ccccc4Cl)sc23)c1. The largest absolute Gasteiger partial charge is 0.393 e. The summed E-state index contributed by atoms with van der Waals surface area (Å²) in [7, 11) is -3.49. The fourth-order valence-electron chi connectivity index (χ4n) is 4.05. The molecular formula is C26H25ClN2O4S2. The van der Waals surface area contributed by atoms with Crippen LogP contribution in [-0.2, 0) is 15.6 Å². The Balaban J connectivity index is 1.62. The van der Waals surface area contributed by atoms with Gasteiger partial charge in [0, 0.05) is 26.4 Å². The van der Waals surface area contributed by atoms with Crippen molar-refractivity contribution in [3.63, 3.8) is 0 Å². The third-order valence-electron chi connectivity index (χ3n) is 6.27. The molecule has 0 saturated heterocycles. The van der Waals surface area contributed by atoms with E-state index >= 15 is 0 Å². The highest BCUT2D eigenvalue weighted by atomic mass is 35.5. The van der Waals surface area contributed by atoms with Crippen molar-refractivity contribution in [1.29, 1.82) is 0 Å². The second kappa shape index (κ2) is 9.28. The molecule has 0 spiro atoms. The Labute approximate surface area is 213 Å². The molecule has 1 saturated carbocycles. The molecule has 3 N–H and O–H groups in total. The molecule has 4 aromatic rings. The van der Waals surface area contributed by atoms with Crippen molar-refractivity contribution in [2.45, 2.75) is 36.7 Å². The summed E-state index contributed by atoms with van der Waals surface area (Å²) in [6.45, 7) is 1.14. The van der Waals surface area contributed by atoms with Gasteiger partial charge in [0.1, 0.15) is 5.60 Å². The molecule has 1 aliphatic rings. The number of fused-ring (bicyclic) bond motifs is 1. The van der Waals surface area contributed by atoms with Gasteiger partial charge in [0.05, 0.1) is 23.6 Å². The number of sulfonamides is 1. The molecule has 2 aromatic heterocycles. The number of thiophene rings is 1. The van der Waals surface area contributed by atoms with E-state index in [1.165, 1.54) is 11.3 Å². The van der Waals surface area contributed by atoms with Crippen LogP contribution in [0.1, 0.15) is 41.8 Å². The number of aromatic nitrogens is 1. The van der Waals surface area contributed by atoms with Gasteiger partial charge in [-0.2, -0.15) is 0 Å². The number of halogens is 1. The molecule has 2 aromatic carbocycles. The lowest BCUT2D eigenvalue weighted by Gasteiger charge is -2.21. The van der Waals surface area contributed by atoms with Gasteiger partial charge in [-0.1, -0.05) is 48.0 Å². The average Bonchev–Trinajstić information content (AvgIpc) is 3.63. The Morgan fingerprint density at radius 2 is 1.94 bits per heavy atom. The molecule has 0 radical (unpaired) electrons. The molecule has 2 atom stereocenters. The van der Waals surface area contributed by atoms with Crippen molar-refractivity contribution in [2.24, 2.45) is 0 Å². The summed E-state index contributed by atoms with van der Waals surface area (Å²) in [6, 6.07) is 17.9. The number of aliphatic hydroxyl groups excluding tert-OH is 1. The van der Waals surface area contributed by atoms with Gasteiger partial charge in [-0.15, -0.1) is 11.3 Å². The van der Waals surface area contributed by atoms with E-state index in [-0.39, 0.29) is 5.25 Å². The number of aliphatic hydroxyl groups is 2. The van der Waals surface area contributed by atoms with Crippen LogP contribution in [0.5, 0.6) is 0 Å². The molecular weight excluding hydrogens is 504 g/mol. The van der Waals surface area contributed by atoms with Crippen LogP contribution in [0.3, 0.4) is 0 Å². The average molecular weight is 529 g/mol. The molecule has 6 nitrogen and oxygen atoms in total. The normalized spacial score (nSPS) is 16.8. The minimum atomic E-state index is -3.49. The Kier molecular flexibility index (Phi) is 6.46. The van der Waals surface area contributed by atoms with Crippen LogP contribution in [0.4, 0.5) is 0 Å². The van der Waals surface area contributed by atoms with Crippen LogP contribution in [0.15, 0.2) is 66.9 Å². The number of benzene rings is 2. The predicted octanol–water partition coefficient (Wildman–Crippen LogP) is 4.99. The van der Waals surface area contributed by atoms with Gasteiger partial charge in [0.2, 0.25) is 10.0 Å². The smallest absolute Gasteiger partial charge is 0.215 e. The summed E-state index contributed by atoms with van der Waals surface area (Å²) in [5.74, 6) is 0. The zero-order valence-corrected chi connectivity index (χ0v) is 21.4. The first-order valence-corrected chi connectivity index (χ1v) is 14.0.